The van der Waals surface area contributed by atoms with Crippen LogP contribution in [0.5, 0.6) is 0 Å². The number of hydrogen-bond acceptors (Lipinski definition) is 5. The van der Waals surface area contributed by atoms with Crippen LogP contribution in [0.4, 0.5) is 4.79 Å². The molecule has 0 saturated heterocycles. The molecule has 0 saturated carbocycles. The van der Waals surface area contributed by atoms with Gasteiger partial charge in [-0.1, -0.05) is 41.4 Å². The van der Waals surface area contributed by atoms with Crippen molar-refractivity contribution in [2.24, 2.45) is 0 Å². The molecule has 0 bridgehead atoms. The molecule has 10 heteroatoms. The third-order valence-electron chi connectivity index (χ3n) is 4.09. The lowest BCUT2D eigenvalue weighted by molar-refractivity contribution is -0.149. The highest BCUT2D eigenvalue weighted by atomic mass is 35.5. The van der Waals surface area contributed by atoms with Crippen molar-refractivity contribution in [1.82, 2.24) is 20.4 Å². The number of amides is 3. The van der Waals surface area contributed by atoms with Gasteiger partial charge in [-0.25, -0.2) is 14.3 Å². The van der Waals surface area contributed by atoms with Crippen LogP contribution in [0.2, 0.25) is 10.2 Å². The van der Waals surface area contributed by atoms with E-state index in [0.29, 0.717) is 28.0 Å². The number of benzene rings is 1. The van der Waals surface area contributed by atoms with E-state index in [0.717, 1.165) is 11.6 Å². The Bertz CT molecular complexity index is 1000. The van der Waals surface area contributed by atoms with Crippen molar-refractivity contribution in [2.45, 2.75) is 46.4 Å². The quantitative estimate of drug-likeness (QED) is 0.477. The van der Waals surface area contributed by atoms with Crippen molar-refractivity contribution < 1.29 is 19.1 Å². The lowest BCUT2D eigenvalue weighted by atomic mass is 10.2. The van der Waals surface area contributed by atoms with Gasteiger partial charge in [0.05, 0.1) is 12.2 Å². The molecular weight excluding hydrogens is 443 g/mol. The SMILES string of the molecule is Cc1nn(Cc2ccccc2Cl)c(Cl)c1/C=C/C(=O)OC(C)C(=O)NC(=O)NC(C)C. The molecule has 1 aromatic carbocycles. The predicted octanol–water partition coefficient (Wildman–Crippen LogP) is 3.73. The second kappa shape index (κ2) is 11.0. The fourth-order valence-electron chi connectivity index (χ4n) is 2.58. The van der Waals surface area contributed by atoms with E-state index in [9.17, 15) is 14.4 Å². The largest absolute Gasteiger partial charge is 0.449 e. The van der Waals surface area contributed by atoms with Crippen LogP contribution in [0, 0.1) is 6.92 Å². The first-order chi connectivity index (χ1) is 14.6. The molecule has 1 unspecified atom stereocenters. The van der Waals surface area contributed by atoms with E-state index in [4.69, 9.17) is 27.9 Å². The van der Waals surface area contributed by atoms with Gasteiger partial charge in [0.1, 0.15) is 5.15 Å². The number of imide groups is 1. The number of ether oxygens (including phenoxy) is 1. The van der Waals surface area contributed by atoms with Gasteiger partial charge in [0.2, 0.25) is 0 Å². The number of nitrogens with one attached hydrogen (secondary N) is 2. The van der Waals surface area contributed by atoms with Crippen molar-refractivity contribution >= 4 is 47.2 Å². The first-order valence-corrected chi connectivity index (χ1v) is 10.3. The minimum absolute atomic E-state index is 0.139. The summed E-state index contributed by atoms with van der Waals surface area (Å²) in [6.07, 6.45) is 1.45. The smallest absolute Gasteiger partial charge is 0.331 e. The standard InChI is InChI=1S/C21H24Cl2N4O4/c1-12(2)24-21(30)25-20(29)14(4)31-18(28)10-9-16-13(3)26-27(19(16)23)11-15-7-5-6-8-17(15)22/h5-10,12,14H,11H2,1-4H3,(H2,24,25,29,30)/b10-9+. The summed E-state index contributed by atoms with van der Waals surface area (Å²) in [6.45, 7) is 6.99. The second-order valence-corrected chi connectivity index (χ2v) is 7.83. The zero-order chi connectivity index (χ0) is 23.1. The van der Waals surface area contributed by atoms with Gasteiger partial charge in [-0.3, -0.25) is 10.1 Å². The molecule has 31 heavy (non-hydrogen) atoms. The molecule has 3 amide bonds. The highest BCUT2D eigenvalue weighted by Crippen LogP contribution is 2.24. The number of hydrogen-bond donors (Lipinski definition) is 2. The molecule has 0 aliphatic carbocycles. The zero-order valence-electron chi connectivity index (χ0n) is 17.6. The number of halogens is 2. The van der Waals surface area contributed by atoms with Crippen molar-refractivity contribution in [3.63, 3.8) is 0 Å². The van der Waals surface area contributed by atoms with Crippen LogP contribution in [-0.2, 0) is 20.9 Å². The lowest BCUT2D eigenvalue weighted by Gasteiger charge is -2.13. The van der Waals surface area contributed by atoms with E-state index in [-0.39, 0.29) is 6.04 Å². The third-order valence-corrected chi connectivity index (χ3v) is 4.86. The van der Waals surface area contributed by atoms with Gasteiger partial charge in [0.25, 0.3) is 5.91 Å². The minimum atomic E-state index is -1.16. The highest BCUT2D eigenvalue weighted by molar-refractivity contribution is 6.32. The molecule has 2 aromatic rings. The molecule has 1 atom stereocenters. The maximum absolute atomic E-state index is 12.1. The Labute approximate surface area is 190 Å². The topological polar surface area (TPSA) is 102 Å². The monoisotopic (exact) mass is 466 g/mol. The van der Waals surface area contributed by atoms with E-state index in [2.05, 4.69) is 15.7 Å². The Morgan fingerprint density at radius 1 is 1.19 bits per heavy atom. The molecule has 8 nitrogen and oxygen atoms in total. The first kappa shape index (κ1) is 24.4. The maximum atomic E-state index is 12.1. The summed E-state index contributed by atoms with van der Waals surface area (Å²) < 4.78 is 6.61. The Morgan fingerprint density at radius 3 is 2.52 bits per heavy atom. The summed E-state index contributed by atoms with van der Waals surface area (Å²) in [7, 11) is 0. The van der Waals surface area contributed by atoms with E-state index in [1.54, 1.807) is 31.5 Å². The van der Waals surface area contributed by atoms with Gasteiger partial charge in [0.15, 0.2) is 6.10 Å². The van der Waals surface area contributed by atoms with Crippen LogP contribution in [0.3, 0.4) is 0 Å². The van der Waals surface area contributed by atoms with Crippen LogP contribution in [-0.4, -0.2) is 39.8 Å². The van der Waals surface area contributed by atoms with Crippen LogP contribution >= 0.6 is 23.2 Å². The fraction of sp³-hybridized carbons (Fsp3) is 0.333. The number of carbonyl (C=O) groups excluding carboxylic acids is 3. The van der Waals surface area contributed by atoms with E-state index in [1.807, 2.05) is 18.2 Å². The molecule has 0 spiro atoms. The van der Waals surface area contributed by atoms with E-state index in [1.165, 1.54) is 13.0 Å². The second-order valence-electron chi connectivity index (χ2n) is 7.07. The van der Waals surface area contributed by atoms with Crippen LogP contribution in [0.25, 0.3) is 6.08 Å². The van der Waals surface area contributed by atoms with E-state index >= 15 is 0 Å². The summed E-state index contributed by atoms with van der Waals surface area (Å²) in [5.41, 5.74) is 2.00. The Hall–Kier alpha value is -2.84. The molecule has 2 rings (SSSR count). The number of aryl methyl sites for hydroxylation is 1. The molecule has 1 heterocycles. The first-order valence-electron chi connectivity index (χ1n) is 9.54. The zero-order valence-corrected chi connectivity index (χ0v) is 19.1. The van der Waals surface area contributed by atoms with Gasteiger partial charge >= 0.3 is 12.0 Å². The molecule has 1 aromatic heterocycles. The molecule has 0 aliphatic heterocycles. The number of rotatable bonds is 7. The van der Waals surface area contributed by atoms with Gasteiger partial charge in [0, 0.05) is 22.7 Å². The minimum Gasteiger partial charge on any atom is -0.449 e. The summed E-state index contributed by atoms with van der Waals surface area (Å²) in [4.78, 5) is 35.6. The van der Waals surface area contributed by atoms with Crippen molar-refractivity contribution in [1.29, 1.82) is 0 Å². The molecule has 0 fully saturated rings. The number of urea groups is 1. The van der Waals surface area contributed by atoms with Gasteiger partial charge in [-0.2, -0.15) is 5.10 Å². The summed E-state index contributed by atoms with van der Waals surface area (Å²) in [5, 5.41) is 9.92. The Balaban J connectivity index is 2.01. The van der Waals surface area contributed by atoms with Crippen molar-refractivity contribution in [3.8, 4) is 0 Å². The van der Waals surface area contributed by atoms with Crippen molar-refractivity contribution in [3.05, 3.63) is 57.3 Å². The van der Waals surface area contributed by atoms with Gasteiger partial charge < -0.3 is 10.1 Å². The normalized spacial score (nSPS) is 12.1. The van der Waals surface area contributed by atoms with Crippen LogP contribution in [0.15, 0.2) is 30.3 Å². The van der Waals surface area contributed by atoms with Gasteiger partial charge in [-0.05, 0) is 45.4 Å². The number of carbonyl (C=O) groups is 3. The number of nitrogens with zero attached hydrogens (tertiary/aromatic N) is 2. The predicted molar refractivity (Wildman–Crippen MR) is 119 cm³/mol. The molecule has 166 valence electrons. The maximum Gasteiger partial charge on any atom is 0.331 e. The summed E-state index contributed by atoms with van der Waals surface area (Å²) >= 11 is 12.6. The highest BCUT2D eigenvalue weighted by Gasteiger charge is 2.19. The third kappa shape index (κ3) is 7.11. The van der Waals surface area contributed by atoms with E-state index < -0.39 is 24.0 Å². The fourth-order valence-corrected chi connectivity index (χ4v) is 3.07. The molecular formula is C21H24Cl2N4O4. The lowest BCUT2D eigenvalue weighted by Crippen LogP contribution is -2.46. The Kier molecular flexibility index (Phi) is 8.65. The van der Waals surface area contributed by atoms with Gasteiger partial charge in [-0.15, -0.1) is 0 Å². The average Bonchev–Trinajstić information content (AvgIpc) is 2.94. The average molecular weight is 467 g/mol. The van der Waals surface area contributed by atoms with Crippen LogP contribution in [0.1, 0.15) is 37.6 Å². The van der Waals surface area contributed by atoms with Crippen molar-refractivity contribution in [2.75, 3.05) is 0 Å². The van der Waals surface area contributed by atoms with Crippen LogP contribution < -0.4 is 10.6 Å². The number of aromatic nitrogens is 2. The Morgan fingerprint density at radius 2 is 1.87 bits per heavy atom. The number of esters is 1. The molecule has 0 radical (unpaired) electrons. The molecule has 0 aliphatic rings. The summed E-state index contributed by atoms with van der Waals surface area (Å²) in [6, 6.07) is 6.55. The summed E-state index contributed by atoms with van der Waals surface area (Å²) in [5.74, 6) is -1.50. The molecule has 2 N–H and O–H groups in total.